The van der Waals surface area contributed by atoms with Gasteiger partial charge in [0.15, 0.2) is 0 Å². The van der Waals surface area contributed by atoms with E-state index in [4.69, 9.17) is 23.2 Å². The number of aromatic nitrogens is 2. The Morgan fingerprint density at radius 1 is 1.15 bits per heavy atom. The van der Waals surface area contributed by atoms with Crippen molar-refractivity contribution in [3.63, 3.8) is 0 Å². The number of hydrogen-bond acceptors (Lipinski definition) is 2. The first kappa shape index (κ1) is 13.3. The number of para-hydroxylation sites is 2. The van der Waals surface area contributed by atoms with E-state index < -0.39 is 0 Å². The van der Waals surface area contributed by atoms with Crippen LogP contribution in [0.2, 0.25) is 10.0 Å². The van der Waals surface area contributed by atoms with E-state index >= 15 is 0 Å². The van der Waals surface area contributed by atoms with Crippen LogP contribution in [0.4, 0.5) is 5.69 Å². The van der Waals surface area contributed by atoms with Gasteiger partial charge in [0, 0.05) is 12.1 Å². The van der Waals surface area contributed by atoms with Gasteiger partial charge in [-0.1, -0.05) is 35.3 Å². The predicted octanol–water partition coefficient (Wildman–Crippen LogP) is 4.49. The largest absolute Gasteiger partial charge is 0.377 e. The number of hydrogen-bond donors (Lipinski definition) is 1. The van der Waals surface area contributed by atoms with Crippen molar-refractivity contribution in [3.8, 4) is 0 Å². The van der Waals surface area contributed by atoms with Crippen molar-refractivity contribution in [2.45, 2.75) is 6.54 Å². The second-order valence-corrected chi connectivity index (χ2v) is 5.40. The molecule has 0 aliphatic carbocycles. The highest BCUT2D eigenvalue weighted by Crippen LogP contribution is 2.26. The average Bonchev–Trinajstić information content (AvgIpc) is 2.75. The van der Waals surface area contributed by atoms with Crippen molar-refractivity contribution >= 4 is 39.9 Å². The van der Waals surface area contributed by atoms with Crippen LogP contribution in [0.5, 0.6) is 0 Å². The molecule has 3 nitrogen and oxygen atoms in total. The fourth-order valence-corrected chi connectivity index (χ4v) is 2.64. The quantitative estimate of drug-likeness (QED) is 0.772. The maximum atomic E-state index is 6.14. The van der Waals surface area contributed by atoms with Gasteiger partial charge in [-0.3, -0.25) is 0 Å². The lowest BCUT2D eigenvalue weighted by Gasteiger charge is -2.08. The van der Waals surface area contributed by atoms with Crippen LogP contribution in [0.15, 0.2) is 42.5 Å². The van der Waals surface area contributed by atoms with E-state index in [9.17, 15) is 0 Å². The molecule has 102 valence electrons. The molecular weight excluding hydrogens is 293 g/mol. The van der Waals surface area contributed by atoms with Crippen LogP contribution in [0.3, 0.4) is 0 Å². The Labute approximate surface area is 127 Å². The van der Waals surface area contributed by atoms with Crippen LogP contribution >= 0.6 is 23.2 Å². The molecule has 0 spiro atoms. The highest BCUT2D eigenvalue weighted by Gasteiger charge is 2.07. The van der Waals surface area contributed by atoms with Crippen molar-refractivity contribution < 1.29 is 0 Å². The highest BCUT2D eigenvalue weighted by atomic mass is 35.5. The van der Waals surface area contributed by atoms with Crippen LogP contribution in [0.1, 0.15) is 5.82 Å². The van der Waals surface area contributed by atoms with Gasteiger partial charge in [0.1, 0.15) is 5.82 Å². The standard InChI is InChI=1S/C15H13Cl2N3/c1-20-14-5-3-2-4-13(14)19-15(20)9-18-12-7-6-10(16)8-11(12)17/h2-8,18H,9H2,1H3. The first-order valence-corrected chi connectivity index (χ1v) is 7.00. The zero-order valence-electron chi connectivity index (χ0n) is 10.9. The van der Waals surface area contributed by atoms with Crippen molar-refractivity contribution in [1.82, 2.24) is 9.55 Å². The number of benzene rings is 2. The molecule has 0 unspecified atom stereocenters. The fraction of sp³-hybridized carbons (Fsp3) is 0.133. The third-order valence-corrected chi connectivity index (χ3v) is 3.80. The fourth-order valence-electron chi connectivity index (χ4n) is 2.16. The van der Waals surface area contributed by atoms with E-state index in [1.807, 2.05) is 37.4 Å². The summed E-state index contributed by atoms with van der Waals surface area (Å²) in [6, 6.07) is 13.5. The van der Waals surface area contributed by atoms with Gasteiger partial charge < -0.3 is 9.88 Å². The molecule has 3 rings (SSSR count). The molecule has 0 atom stereocenters. The van der Waals surface area contributed by atoms with E-state index in [0.29, 0.717) is 16.6 Å². The summed E-state index contributed by atoms with van der Waals surface area (Å²) in [4.78, 5) is 4.61. The molecule has 1 aromatic heterocycles. The molecule has 1 heterocycles. The van der Waals surface area contributed by atoms with Crippen molar-refractivity contribution in [3.05, 3.63) is 58.3 Å². The number of rotatable bonds is 3. The number of fused-ring (bicyclic) bond motifs is 1. The zero-order chi connectivity index (χ0) is 14.1. The summed E-state index contributed by atoms with van der Waals surface area (Å²) in [6.45, 7) is 0.604. The number of imidazole rings is 1. The van der Waals surface area contributed by atoms with E-state index in [2.05, 4.69) is 20.9 Å². The maximum Gasteiger partial charge on any atom is 0.128 e. The molecule has 0 saturated carbocycles. The smallest absolute Gasteiger partial charge is 0.128 e. The van der Waals surface area contributed by atoms with E-state index in [1.54, 1.807) is 6.07 Å². The van der Waals surface area contributed by atoms with Crippen molar-refractivity contribution in [2.75, 3.05) is 5.32 Å². The number of nitrogens with one attached hydrogen (secondary N) is 1. The van der Waals surface area contributed by atoms with Crippen molar-refractivity contribution in [1.29, 1.82) is 0 Å². The van der Waals surface area contributed by atoms with Gasteiger partial charge in [-0.15, -0.1) is 0 Å². The van der Waals surface area contributed by atoms with E-state index in [0.717, 1.165) is 22.5 Å². The Morgan fingerprint density at radius 2 is 1.95 bits per heavy atom. The molecule has 0 amide bonds. The SMILES string of the molecule is Cn1c(CNc2ccc(Cl)cc2Cl)nc2ccccc21. The Morgan fingerprint density at radius 3 is 2.70 bits per heavy atom. The van der Waals surface area contributed by atoms with Gasteiger partial charge in [0.2, 0.25) is 0 Å². The minimum Gasteiger partial charge on any atom is -0.377 e. The van der Waals surface area contributed by atoms with Gasteiger partial charge in [-0.05, 0) is 30.3 Å². The summed E-state index contributed by atoms with van der Waals surface area (Å²) >= 11 is 12.0. The molecule has 5 heteroatoms. The molecule has 0 radical (unpaired) electrons. The summed E-state index contributed by atoms with van der Waals surface area (Å²) < 4.78 is 2.08. The Kier molecular flexibility index (Phi) is 3.55. The maximum absolute atomic E-state index is 6.14. The third-order valence-electron chi connectivity index (χ3n) is 3.25. The molecule has 3 aromatic rings. The van der Waals surface area contributed by atoms with E-state index in [1.165, 1.54) is 0 Å². The Hall–Kier alpha value is -1.71. The minimum atomic E-state index is 0.604. The first-order valence-electron chi connectivity index (χ1n) is 6.24. The molecule has 0 fully saturated rings. The highest BCUT2D eigenvalue weighted by molar-refractivity contribution is 6.36. The molecule has 0 aliphatic rings. The second kappa shape index (κ2) is 5.35. The third kappa shape index (κ3) is 2.47. The van der Waals surface area contributed by atoms with Crippen LogP contribution in [0.25, 0.3) is 11.0 Å². The van der Waals surface area contributed by atoms with E-state index in [-0.39, 0.29) is 0 Å². The topological polar surface area (TPSA) is 29.9 Å². The van der Waals surface area contributed by atoms with Gasteiger partial charge in [-0.2, -0.15) is 0 Å². The molecule has 2 aromatic carbocycles. The molecule has 0 saturated heterocycles. The number of aryl methyl sites for hydroxylation is 1. The lowest BCUT2D eigenvalue weighted by molar-refractivity contribution is 0.834. The minimum absolute atomic E-state index is 0.604. The predicted molar refractivity (Wildman–Crippen MR) is 84.5 cm³/mol. The zero-order valence-corrected chi connectivity index (χ0v) is 12.4. The number of halogens is 2. The average molecular weight is 306 g/mol. The molecule has 0 aliphatic heterocycles. The summed E-state index contributed by atoms with van der Waals surface area (Å²) in [5.74, 6) is 0.956. The molecule has 20 heavy (non-hydrogen) atoms. The van der Waals surface area contributed by atoms with Crippen LogP contribution in [-0.4, -0.2) is 9.55 Å². The van der Waals surface area contributed by atoms with Gasteiger partial charge >= 0.3 is 0 Å². The lowest BCUT2D eigenvalue weighted by Crippen LogP contribution is -2.06. The lowest BCUT2D eigenvalue weighted by atomic mass is 10.3. The first-order chi connectivity index (χ1) is 9.65. The Balaban J connectivity index is 1.85. The van der Waals surface area contributed by atoms with Crippen LogP contribution in [0, 0.1) is 0 Å². The Bertz CT molecular complexity index is 765. The summed E-state index contributed by atoms with van der Waals surface area (Å²) in [6.07, 6.45) is 0. The molecular formula is C15H13Cl2N3. The summed E-state index contributed by atoms with van der Waals surface area (Å²) in [7, 11) is 2.01. The van der Waals surface area contributed by atoms with Gasteiger partial charge in [0.05, 0.1) is 28.3 Å². The molecule has 0 bridgehead atoms. The monoisotopic (exact) mass is 305 g/mol. The number of nitrogens with zero attached hydrogens (tertiary/aromatic N) is 2. The van der Waals surface area contributed by atoms with Crippen LogP contribution in [-0.2, 0) is 13.6 Å². The number of anilines is 1. The van der Waals surface area contributed by atoms with Crippen LogP contribution < -0.4 is 5.32 Å². The molecule has 1 N–H and O–H groups in total. The van der Waals surface area contributed by atoms with Gasteiger partial charge in [-0.25, -0.2) is 4.98 Å². The van der Waals surface area contributed by atoms with Gasteiger partial charge in [0.25, 0.3) is 0 Å². The normalized spacial score (nSPS) is 10.9. The second-order valence-electron chi connectivity index (χ2n) is 4.55. The van der Waals surface area contributed by atoms with Crippen molar-refractivity contribution in [2.24, 2.45) is 7.05 Å². The summed E-state index contributed by atoms with van der Waals surface area (Å²) in [5.41, 5.74) is 2.96. The summed E-state index contributed by atoms with van der Waals surface area (Å²) in [5, 5.41) is 4.52.